The average molecular weight is 884 g/mol. The highest BCUT2D eigenvalue weighted by Gasteiger charge is 2.57. The maximum atomic E-state index is 12.4. The van der Waals surface area contributed by atoms with Crippen LogP contribution in [0.4, 0.5) is 0 Å². The predicted octanol–water partition coefficient (Wildman–Crippen LogP) is -11.1. The van der Waals surface area contributed by atoms with E-state index in [1.54, 1.807) is 0 Å². The van der Waals surface area contributed by atoms with E-state index in [1.165, 1.54) is 7.11 Å². The Morgan fingerprint density at radius 3 is 1.35 bits per heavy atom. The van der Waals surface area contributed by atoms with Crippen LogP contribution in [-0.4, -0.2) is 276 Å². The number of hydrogen-bond donors (Lipinski definition) is 16. The van der Waals surface area contributed by atoms with Crippen molar-refractivity contribution in [1.29, 1.82) is 0 Å². The van der Waals surface area contributed by atoms with Gasteiger partial charge in [0.25, 0.3) is 0 Å². The molecule has 0 aliphatic carbocycles. The Balaban J connectivity index is 1.35. The van der Waals surface area contributed by atoms with E-state index in [0.29, 0.717) is 0 Å². The first-order valence-electron chi connectivity index (χ1n) is 19.0. The van der Waals surface area contributed by atoms with Gasteiger partial charge in [0.15, 0.2) is 31.5 Å². The quantitative estimate of drug-likeness (QED) is 0.0726. The summed E-state index contributed by atoms with van der Waals surface area (Å²) in [7, 11) is 1.27. The zero-order chi connectivity index (χ0) is 44.3. The number of ether oxygens (including phenoxy) is 10. The predicted molar refractivity (Wildman–Crippen MR) is 183 cm³/mol. The molecule has 0 saturated carbocycles. The lowest BCUT2D eigenvalue weighted by molar-refractivity contribution is -0.386. The molecule has 0 unspecified atom stereocenters. The fourth-order valence-corrected chi connectivity index (χ4v) is 7.58. The second-order valence-electron chi connectivity index (χ2n) is 15.0. The molecule has 0 aromatic carbocycles. The summed E-state index contributed by atoms with van der Waals surface area (Å²) in [5, 5.41) is 161. The summed E-state index contributed by atoms with van der Waals surface area (Å²) in [6.07, 6.45) is -43.5. The van der Waals surface area contributed by atoms with Gasteiger partial charge in [0.05, 0.1) is 33.0 Å². The standard InChI is InChI=1S/C33H57NO26/c1-8(39)34-14-18(43)25(57-32-24(49)28(17(42)10(4-36)53-32)60-31-22(47)19(44)15(40)13(56-31)7-51-2)12(6-38)55-30(14)59-27-16(41)9(3-35)54-33(23(27)48)58-26-11(5-37)52-29(50)21(46)20(26)45/h9-33,35-38,40-50H,3-7H2,1-2H3,(H,34,39)/t9-,10-,11-,12-,13-,14-,15-,16+,17+,18-,19+,20-,21-,22-,23-,24-,25-,26-,27+,28+,29-,30+,31+,32+,33+/m1/s1. The molecular formula is C33H57NO26. The van der Waals surface area contributed by atoms with Crippen LogP contribution in [0.1, 0.15) is 6.92 Å². The largest absolute Gasteiger partial charge is 0.394 e. The van der Waals surface area contributed by atoms with Gasteiger partial charge in [-0.05, 0) is 0 Å². The zero-order valence-corrected chi connectivity index (χ0v) is 32.2. The van der Waals surface area contributed by atoms with Gasteiger partial charge in [-0.15, -0.1) is 0 Å². The summed E-state index contributed by atoms with van der Waals surface area (Å²) in [6.45, 7) is -2.95. The minimum atomic E-state index is -2.08. The van der Waals surface area contributed by atoms with E-state index >= 15 is 0 Å². The van der Waals surface area contributed by atoms with Gasteiger partial charge in [0, 0.05) is 14.0 Å². The molecule has 0 spiro atoms. The van der Waals surface area contributed by atoms with Gasteiger partial charge >= 0.3 is 0 Å². The molecule has 16 N–H and O–H groups in total. The number of hydrogen-bond acceptors (Lipinski definition) is 26. The lowest BCUT2D eigenvalue weighted by Gasteiger charge is -2.50. The molecule has 5 fully saturated rings. The van der Waals surface area contributed by atoms with Crippen LogP contribution in [0, 0.1) is 0 Å². The Hall–Kier alpha value is -1.53. The number of carbonyl (C=O) groups is 1. The molecule has 5 rings (SSSR count). The Morgan fingerprint density at radius 2 is 0.867 bits per heavy atom. The number of nitrogens with one attached hydrogen (secondary N) is 1. The van der Waals surface area contributed by atoms with E-state index in [2.05, 4.69) is 5.32 Å². The van der Waals surface area contributed by atoms with Gasteiger partial charge in [0.2, 0.25) is 5.91 Å². The number of methoxy groups -OCH3 is 1. The number of aliphatic hydroxyl groups excluding tert-OH is 15. The second kappa shape index (κ2) is 21.4. The fourth-order valence-electron chi connectivity index (χ4n) is 7.58. The molecule has 5 aliphatic heterocycles. The van der Waals surface area contributed by atoms with Crippen molar-refractivity contribution in [2.45, 2.75) is 160 Å². The molecule has 27 heteroatoms. The lowest BCUT2D eigenvalue weighted by atomic mass is 9.94. The summed E-state index contributed by atoms with van der Waals surface area (Å²) < 4.78 is 55.4. The molecule has 27 nitrogen and oxygen atoms in total. The van der Waals surface area contributed by atoms with Crippen LogP contribution in [0.5, 0.6) is 0 Å². The molecule has 60 heavy (non-hydrogen) atoms. The molecule has 350 valence electrons. The summed E-state index contributed by atoms with van der Waals surface area (Å²) in [4.78, 5) is 12.4. The maximum absolute atomic E-state index is 12.4. The van der Waals surface area contributed by atoms with Crippen LogP contribution in [-0.2, 0) is 52.2 Å². The van der Waals surface area contributed by atoms with Crippen molar-refractivity contribution in [3.8, 4) is 0 Å². The third-order valence-electron chi connectivity index (χ3n) is 10.9. The van der Waals surface area contributed by atoms with Gasteiger partial charge in [-0.3, -0.25) is 4.79 Å². The van der Waals surface area contributed by atoms with Gasteiger partial charge in [0.1, 0.15) is 122 Å². The SMILES string of the molecule is COC[C@H]1O[C@@H](O[C@H]2[C@@H](O)[C@@H](CO)O[C@@H](O[C@H]3[C@H](O)[C@@H](NC(C)=O)[C@H](O[C@H]4[C@@H](O)[C@@H](CO)O[C@@H](O[C@H]5[C@H](O)[C@@H](O)[C@H](O)O[C@@H]5CO)[C@@H]4O)O[C@@H]3CO)[C@@H]2O)[C@H](O)[C@@H](O)[C@@H]1O. The molecule has 5 aliphatic rings. The molecule has 1 amide bonds. The first kappa shape index (κ1) is 49.5. The van der Waals surface area contributed by atoms with Crippen LogP contribution in [0.25, 0.3) is 0 Å². The van der Waals surface area contributed by atoms with E-state index in [-0.39, 0.29) is 6.61 Å². The maximum Gasteiger partial charge on any atom is 0.217 e. The Morgan fingerprint density at radius 1 is 0.450 bits per heavy atom. The Bertz CT molecular complexity index is 1340. The van der Waals surface area contributed by atoms with Crippen molar-refractivity contribution in [1.82, 2.24) is 5.32 Å². The van der Waals surface area contributed by atoms with Crippen LogP contribution in [0.3, 0.4) is 0 Å². The molecular weight excluding hydrogens is 826 g/mol. The minimum absolute atomic E-state index is 0.276. The van der Waals surface area contributed by atoms with Crippen molar-refractivity contribution in [2.24, 2.45) is 0 Å². The second-order valence-corrected chi connectivity index (χ2v) is 15.0. The van der Waals surface area contributed by atoms with Crippen LogP contribution in [0.15, 0.2) is 0 Å². The molecule has 5 heterocycles. The van der Waals surface area contributed by atoms with E-state index in [0.717, 1.165) is 6.92 Å². The first-order valence-corrected chi connectivity index (χ1v) is 19.0. The van der Waals surface area contributed by atoms with Crippen molar-refractivity contribution < 1.29 is 129 Å². The zero-order valence-electron chi connectivity index (χ0n) is 32.2. The molecule has 0 aromatic heterocycles. The third kappa shape index (κ3) is 10.4. The summed E-state index contributed by atoms with van der Waals surface area (Å²) in [5.74, 6) is -0.807. The molecule has 0 aromatic rings. The van der Waals surface area contributed by atoms with E-state index in [4.69, 9.17) is 47.4 Å². The van der Waals surface area contributed by atoms with Gasteiger partial charge in [-0.2, -0.15) is 0 Å². The smallest absolute Gasteiger partial charge is 0.217 e. The van der Waals surface area contributed by atoms with Crippen molar-refractivity contribution >= 4 is 5.91 Å². The topological polar surface area (TPSA) is 425 Å². The highest BCUT2D eigenvalue weighted by atomic mass is 16.8. The number of rotatable bonds is 15. The monoisotopic (exact) mass is 883 g/mol. The summed E-state index contributed by atoms with van der Waals surface area (Å²) in [5.41, 5.74) is 0. The lowest BCUT2D eigenvalue weighted by Crippen LogP contribution is -2.70. The number of amides is 1. The van der Waals surface area contributed by atoms with Crippen molar-refractivity contribution in [2.75, 3.05) is 40.1 Å². The molecule has 0 radical (unpaired) electrons. The Labute approximate surface area is 340 Å². The van der Waals surface area contributed by atoms with Gasteiger partial charge < -0.3 is 129 Å². The van der Waals surface area contributed by atoms with Crippen LogP contribution >= 0.6 is 0 Å². The molecule has 5 saturated heterocycles. The van der Waals surface area contributed by atoms with E-state index in [9.17, 15) is 81.4 Å². The highest BCUT2D eigenvalue weighted by molar-refractivity contribution is 5.73. The number of carbonyl (C=O) groups excluding carboxylic acids is 1. The van der Waals surface area contributed by atoms with E-state index < -0.39 is 186 Å². The molecule has 0 bridgehead atoms. The average Bonchev–Trinajstić information content (AvgIpc) is 3.22. The Kier molecular flexibility index (Phi) is 17.7. The first-order chi connectivity index (χ1) is 28.4. The molecule has 25 atom stereocenters. The van der Waals surface area contributed by atoms with Gasteiger partial charge in [-0.25, -0.2) is 0 Å². The van der Waals surface area contributed by atoms with Gasteiger partial charge in [-0.1, -0.05) is 0 Å². The highest BCUT2D eigenvalue weighted by Crippen LogP contribution is 2.35. The summed E-state index contributed by atoms with van der Waals surface area (Å²) in [6, 6.07) is -1.71. The van der Waals surface area contributed by atoms with Crippen LogP contribution in [0.2, 0.25) is 0 Å². The van der Waals surface area contributed by atoms with Crippen molar-refractivity contribution in [3.05, 3.63) is 0 Å². The third-order valence-corrected chi connectivity index (χ3v) is 10.9. The fraction of sp³-hybridized carbons (Fsp3) is 0.970. The van der Waals surface area contributed by atoms with E-state index in [1.807, 2.05) is 0 Å². The number of aliphatic hydroxyl groups is 15. The van der Waals surface area contributed by atoms with Crippen molar-refractivity contribution in [3.63, 3.8) is 0 Å². The minimum Gasteiger partial charge on any atom is -0.394 e. The normalized spacial score (nSPS) is 50.3. The van der Waals surface area contributed by atoms with Crippen LogP contribution < -0.4 is 5.32 Å². The summed E-state index contributed by atoms with van der Waals surface area (Å²) >= 11 is 0.